The molecular weight excluding hydrogens is 447 g/mol. The van der Waals surface area contributed by atoms with E-state index >= 15 is 0 Å². The van der Waals surface area contributed by atoms with Gasteiger partial charge in [0, 0.05) is 17.0 Å². The first-order valence-corrected chi connectivity index (χ1v) is 14.4. The quantitative estimate of drug-likeness (QED) is 0.267. The van der Waals surface area contributed by atoms with Crippen molar-refractivity contribution in [1.29, 1.82) is 0 Å². The van der Waals surface area contributed by atoms with Crippen molar-refractivity contribution in [3.05, 3.63) is 71.4 Å². The lowest BCUT2D eigenvalue weighted by Gasteiger charge is -2.18. The largest absolute Gasteiger partial charge is 0.353 e. The van der Waals surface area contributed by atoms with Gasteiger partial charge in [-0.1, -0.05) is 67.3 Å². The summed E-state index contributed by atoms with van der Waals surface area (Å²) in [4.78, 5) is 0.709. The van der Waals surface area contributed by atoms with Gasteiger partial charge in [-0.25, -0.2) is 0 Å². The Morgan fingerprint density at radius 1 is 1.21 bits per heavy atom. The maximum atomic E-state index is 12.8. The van der Waals surface area contributed by atoms with Gasteiger partial charge in [0.05, 0.1) is 33.3 Å². The molecule has 0 aliphatic carbocycles. The molecule has 33 heavy (non-hydrogen) atoms. The third kappa shape index (κ3) is 7.35. The van der Waals surface area contributed by atoms with E-state index in [0.717, 1.165) is 23.5 Å². The average molecular weight is 485 g/mol. The highest BCUT2D eigenvalue weighted by atomic mass is 32.2. The van der Waals surface area contributed by atoms with E-state index in [4.69, 9.17) is 0 Å². The summed E-state index contributed by atoms with van der Waals surface area (Å²) < 4.78 is 12.8. The van der Waals surface area contributed by atoms with Crippen molar-refractivity contribution >= 4 is 41.2 Å². The van der Waals surface area contributed by atoms with E-state index in [1.807, 2.05) is 32.9 Å². The van der Waals surface area contributed by atoms with Crippen LogP contribution in [0.2, 0.25) is 0 Å². The third-order valence-corrected chi connectivity index (χ3v) is 9.44. The number of aryl methyl sites for hydroxylation is 1. The van der Waals surface area contributed by atoms with E-state index in [0.29, 0.717) is 10.7 Å². The van der Waals surface area contributed by atoms with Crippen LogP contribution in [0.4, 0.5) is 17.2 Å². The normalized spacial score (nSPS) is 13.3. The van der Waals surface area contributed by atoms with E-state index < -0.39 is 10.8 Å². The van der Waals surface area contributed by atoms with Crippen molar-refractivity contribution in [2.75, 3.05) is 23.0 Å². The maximum Gasteiger partial charge on any atom is 0.155 e. The Morgan fingerprint density at radius 2 is 1.94 bits per heavy atom. The minimum Gasteiger partial charge on any atom is -0.353 e. The molecule has 1 aromatic heterocycles. The summed E-state index contributed by atoms with van der Waals surface area (Å²) in [6.45, 7) is 16.3. The zero-order valence-electron chi connectivity index (χ0n) is 20.7. The molecule has 0 amide bonds. The number of anilines is 3. The Morgan fingerprint density at radius 3 is 2.52 bits per heavy atom. The molecule has 0 aliphatic heterocycles. The Kier molecular flexibility index (Phi) is 11.0. The lowest BCUT2D eigenvalue weighted by Crippen LogP contribution is -2.14. The summed E-state index contributed by atoms with van der Waals surface area (Å²) in [7, 11) is -1.24. The number of nitrogens with one attached hydrogen (secondary N) is 2. The predicted octanol–water partition coefficient (Wildman–Crippen LogP) is 6.47. The van der Waals surface area contributed by atoms with Crippen LogP contribution in [0.1, 0.15) is 47.1 Å². The lowest BCUT2D eigenvalue weighted by atomic mass is 10.1. The summed E-state index contributed by atoms with van der Waals surface area (Å²) in [6, 6.07) is 8.65. The SMILES string of the molecule is C=C/C=C(\C(=C/C)Nc1cnnc(Nc2ccc(P(CC)CC)cc2CC)c1)S(=O)C(C)C. The van der Waals surface area contributed by atoms with Crippen LogP contribution < -0.4 is 15.9 Å². The second-order valence-corrected chi connectivity index (χ2v) is 12.6. The van der Waals surface area contributed by atoms with Gasteiger partial charge in [0.25, 0.3) is 0 Å². The number of nitrogens with zero attached hydrogens (tertiary/aromatic N) is 2. The highest BCUT2D eigenvalue weighted by Crippen LogP contribution is 2.34. The predicted molar refractivity (Wildman–Crippen MR) is 148 cm³/mol. The van der Waals surface area contributed by atoms with Crippen molar-refractivity contribution in [1.82, 2.24) is 10.2 Å². The fourth-order valence-corrected chi connectivity index (χ4v) is 6.40. The first-order chi connectivity index (χ1) is 15.9. The van der Waals surface area contributed by atoms with Crippen LogP contribution in [0.5, 0.6) is 0 Å². The number of allylic oxidation sites excluding steroid dienone is 3. The molecule has 0 aliphatic rings. The molecule has 0 bridgehead atoms. The monoisotopic (exact) mass is 484 g/mol. The Hall–Kier alpha value is -2.30. The van der Waals surface area contributed by atoms with Gasteiger partial charge in [0.2, 0.25) is 0 Å². The molecule has 0 radical (unpaired) electrons. The molecule has 5 nitrogen and oxygen atoms in total. The Bertz CT molecular complexity index is 1030. The zero-order chi connectivity index (χ0) is 24.4. The van der Waals surface area contributed by atoms with Crippen LogP contribution in [-0.2, 0) is 17.2 Å². The fraction of sp³-hybridized carbons (Fsp3) is 0.385. The van der Waals surface area contributed by atoms with Crippen molar-refractivity contribution in [2.45, 2.75) is 53.2 Å². The van der Waals surface area contributed by atoms with Crippen LogP contribution in [0.3, 0.4) is 0 Å². The number of rotatable bonds is 12. The lowest BCUT2D eigenvalue weighted by molar-refractivity contribution is 0.681. The van der Waals surface area contributed by atoms with E-state index in [2.05, 4.69) is 66.4 Å². The molecule has 0 fully saturated rings. The van der Waals surface area contributed by atoms with Crippen LogP contribution in [0, 0.1) is 0 Å². The van der Waals surface area contributed by atoms with Crippen molar-refractivity contribution in [2.24, 2.45) is 0 Å². The molecule has 2 N–H and O–H groups in total. The second kappa shape index (κ2) is 13.4. The van der Waals surface area contributed by atoms with Crippen LogP contribution in [0.25, 0.3) is 0 Å². The van der Waals surface area contributed by atoms with Crippen molar-refractivity contribution in [3.63, 3.8) is 0 Å². The number of hydrogen-bond donors (Lipinski definition) is 2. The Balaban J connectivity index is 2.28. The van der Waals surface area contributed by atoms with Crippen LogP contribution in [0.15, 0.2) is 65.9 Å². The molecule has 0 spiro atoms. The maximum absolute atomic E-state index is 12.8. The second-order valence-electron chi connectivity index (χ2n) is 7.76. The first-order valence-electron chi connectivity index (χ1n) is 11.5. The minimum atomic E-state index is -1.15. The molecule has 178 valence electrons. The minimum absolute atomic E-state index is 0.00220. The summed E-state index contributed by atoms with van der Waals surface area (Å²) in [6.07, 6.45) is 10.4. The highest BCUT2D eigenvalue weighted by Gasteiger charge is 2.16. The number of benzene rings is 1. The van der Waals surface area contributed by atoms with Gasteiger partial charge in [-0.05, 0) is 54.7 Å². The van der Waals surface area contributed by atoms with Gasteiger partial charge >= 0.3 is 0 Å². The van der Waals surface area contributed by atoms with Gasteiger partial charge in [0.15, 0.2) is 5.82 Å². The summed E-state index contributed by atoms with van der Waals surface area (Å²) in [5.41, 5.74) is 3.87. The van der Waals surface area contributed by atoms with Crippen molar-refractivity contribution < 1.29 is 4.21 Å². The summed E-state index contributed by atoms with van der Waals surface area (Å²) in [5.74, 6) is 0.658. The van der Waals surface area contributed by atoms with E-state index in [9.17, 15) is 4.21 Å². The van der Waals surface area contributed by atoms with Gasteiger partial charge in [0.1, 0.15) is 0 Å². The molecule has 2 rings (SSSR count). The molecule has 1 heterocycles. The molecule has 1 atom stereocenters. The van der Waals surface area contributed by atoms with Crippen LogP contribution in [-0.4, -0.2) is 32.0 Å². The third-order valence-electron chi connectivity index (χ3n) is 5.26. The summed E-state index contributed by atoms with van der Waals surface area (Å²) >= 11 is 0. The molecular formula is C26H37N4OPS. The van der Waals surface area contributed by atoms with Gasteiger partial charge in [-0.15, -0.1) is 5.10 Å². The van der Waals surface area contributed by atoms with E-state index in [1.165, 1.54) is 23.2 Å². The van der Waals surface area contributed by atoms with Crippen molar-refractivity contribution in [3.8, 4) is 0 Å². The molecule has 1 unspecified atom stereocenters. The van der Waals surface area contributed by atoms with Crippen LogP contribution >= 0.6 is 7.92 Å². The number of hydrogen-bond acceptors (Lipinski definition) is 5. The molecule has 0 saturated heterocycles. The molecule has 2 aromatic rings. The number of aromatic nitrogens is 2. The molecule has 1 aromatic carbocycles. The molecule has 0 saturated carbocycles. The zero-order valence-corrected chi connectivity index (χ0v) is 22.4. The molecule has 7 heteroatoms. The Labute approximate surface area is 203 Å². The van der Waals surface area contributed by atoms with Gasteiger partial charge in [-0.3, -0.25) is 4.21 Å². The first kappa shape index (κ1) is 26.9. The smallest absolute Gasteiger partial charge is 0.155 e. The summed E-state index contributed by atoms with van der Waals surface area (Å²) in [5, 5.41) is 16.7. The fourth-order valence-electron chi connectivity index (χ4n) is 3.47. The highest BCUT2D eigenvalue weighted by molar-refractivity contribution is 7.89. The topological polar surface area (TPSA) is 66.9 Å². The van der Waals surface area contributed by atoms with Gasteiger partial charge < -0.3 is 10.6 Å². The average Bonchev–Trinajstić information content (AvgIpc) is 2.82. The van der Waals surface area contributed by atoms with E-state index in [-0.39, 0.29) is 13.2 Å². The van der Waals surface area contributed by atoms with E-state index in [1.54, 1.807) is 18.3 Å². The van der Waals surface area contributed by atoms with Gasteiger partial charge in [-0.2, -0.15) is 5.10 Å². The standard InChI is InChI=1S/C26H37N4OPS/c1-8-13-25(33(31)19(6)7)23(10-3)28-21-17-26(30-27-18-21)29-24-15-14-22(16-20(24)9-2)32(11-4)12-5/h8,10,13-19H,1,9,11-12H2,2-7H3,(H2,28,29,30)/b23-10+,25-13+.